The monoisotopic (exact) mass is 372 g/mol. The minimum absolute atomic E-state index is 0.252. The van der Waals surface area contributed by atoms with Crippen molar-refractivity contribution in [2.45, 2.75) is 12.6 Å². The zero-order valence-electron chi connectivity index (χ0n) is 13.6. The number of alkyl halides is 3. The molecule has 0 atom stereocenters. The Morgan fingerprint density at radius 3 is 2.60 bits per heavy atom. The summed E-state index contributed by atoms with van der Waals surface area (Å²) in [7, 11) is 1.40. The lowest BCUT2D eigenvalue weighted by Gasteiger charge is -2.18. The average Bonchev–Trinajstić information content (AvgIpc) is 3.05. The van der Waals surface area contributed by atoms with Crippen LogP contribution in [-0.4, -0.2) is 48.8 Å². The van der Waals surface area contributed by atoms with E-state index in [0.717, 1.165) is 10.6 Å². The van der Waals surface area contributed by atoms with E-state index < -0.39 is 12.7 Å². The smallest absolute Gasteiger partial charge is 0.338 e. The first kappa shape index (κ1) is 19.2. The molecule has 0 fully saturated rings. The number of anilines is 1. The molecule has 0 aliphatic carbocycles. The van der Waals surface area contributed by atoms with Gasteiger partial charge in [0.15, 0.2) is 0 Å². The minimum Gasteiger partial charge on any atom is -0.338 e. The first-order chi connectivity index (χ1) is 11.8. The Kier molecular flexibility index (Phi) is 6.77. The summed E-state index contributed by atoms with van der Waals surface area (Å²) >= 11 is 1.53. The maximum absolute atomic E-state index is 12.2. The summed E-state index contributed by atoms with van der Waals surface area (Å²) in [5.74, 6) is 0. The van der Waals surface area contributed by atoms with Gasteiger partial charge in [-0.3, -0.25) is 4.90 Å². The van der Waals surface area contributed by atoms with Crippen LogP contribution in [0.5, 0.6) is 0 Å². The molecule has 2 aromatic rings. The van der Waals surface area contributed by atoms with Gasteiger partial charge in [-0.2, -0.15) is 13.2 Å². The lowest BCUT2D eigenvalue weighted by molar-refractivity contribution is -0.143. The largest absolute Gasteiger partial charge is 0.401 e. The maximum Gasteiger partial charge on any atom is 0.401 e. The van der Waals surface area contributed by atoms with E-state index in [1.54, 1.807) is 18.3 Å². The first-order valence-corrected chi connectivity index (χ1v) is 8.51. The van der Waals surface area contributed by atoms with Crippen LogP contribution in [0.3, 0.4) is 0 Å². The molecule has 0 aliphatic rings. The highest BCUT2D eigenvalue weighted by molar-refractivity contribution is 7.13. The molecule has 0 bridgehead atoms. The molecule has 25 heavy (non-hydrogen) atoms. The summed E-state index contributed by atoms with van der Waals surface area (Å²) in [5.41, 5.74) is 1.60. The second kappa shape index (κ2) is 8.82. The van der Waals surface area contributed by atoms with Crippen molar-refractivity contribution in [2.75, 3.05) is 32.0 Å². The standard InChI is InChI=1S/C16H19F3N4OS/c1-23(11-16(17,18)19)9-2-7-21-15(24)22-13-5-3-12(4-6-13)14-20-8-10-25-14/h3-6,8,10H,2,7,9,11H2,1H3,(H2,21,22,24). The van der Waals surface area contributed by atoms with Crippen molar-refractivity contribution in [1.82, 2.24) is 15.2 Å². The highest BCUT2D eigenvalue weighted by Gasteiger charge is 2.28. The molecule has 1 aromatic carbocycles. The zero-order chi connectivity index (χ0) is 18.3. The Balaban J connectivity index is 1.68. The van der Waals surface area contributed by atoms with Gasteiger partial charge in [0.1, 0.15) is 5.01 Å². The van der Waals surface area contributed by atoms with Gasteiger partial charge in [0, 0.05) is 29.4 Å². The number of nitrogens with zero attached hydrogens (tertiary/aromatic N) is 2. The van der Waals surface area contributed by atoms with Gasteiger partial charge in [-0.25, -0.2) is 9.78 Å². The van der Waals surface area contributed by atoms with Gasteiger partial charge < -0.3 is 10.6 Å². The van der Waals surface area contributed by atoms with E-state index in [0.29, 0.717) is 18.7 Å². The first-order valence-electron chi connectivity index (χ1n) is 7.63. The quantitative estimate of drug-likeness (QED) is 0.727. The topological polar surface area (TPSA) is 57.3 Å². The molecule has 0 saturated heterocycles. The Hall–Kier alpha value is -2.13. The number of carbonyl (C=O) groups is 1. The lowest BCUT2D eigenvalue weighted by atomic mass is 10.2. The normalized spacial score (nSPS) is 11.6. The molecule has 136 valence electrons. The van der Waals surface area contributed by atoms with Crippen molar-refractivity contribution in [2.24, 2.45) is 0 Å². The van der Waals surface area contributed by atoms with Gasteiger partial charge in [0.25, 0.3) is 0 Å². The van der Waals surface area contributed by atoms with Crippen LogP contribution in [0.1, 0.15) is 6.42 Å². The third kappa shape index (κ3) is 7.10. The van der Waals surface area contributed by atoms with E-state index in [4.69, 9.17) is 0 Å². The predicted octanol–water partition coefficient (Wildman–Crippen LogP) is 3.82. The van der Waals surface area contributed by atoms with E-state index in [-0.39, 0.29) is 12.6 Å². The molecule has 2 N–H and O–H groups in total. The number of hydrogen-bond acceptors (Lipinski definition) is 4. The van der Waals surface area contributed by atoms with Crippen LogP contribution in [0.25, 0.3) is 10.6 Å². The number of aromatic nitrogens is 1. The molecule has 0 spiro atoms. The second-order valence-corrected chi connectivity index (χ2v) is 6.40. The number of thiazole rings is 1. The molecule has 9 heteroatoms. The fraction of sp³-hybridized carbons (Fsp3) is 0.375. The molecule has 2 rings (SSSR count). The van der Waals surface area contributed by atoms with Gasteiger partial charge in [0.2, 0.25) is 0 Å². The van der Waals surface area contributed by atoms with Crippen LogP contribution < -0.4 is 10.6 Å². The third-order valence-electron chi connectivity index (χ3n) is 3.27. The van der Waals surface area contributed by atoms with E-state index in [9.17, 15) is 18.0 Å². The van der Waals surface area contributed by atoms with Crippen molar-refractivity contribution in [1.29, 1.82) is 0 Å². The van der Waals surface area contributed by atoms with Crippen molar-refractivity contribution < 1.29 is 18.0 Å². The van der Waals surface area contributed by atoms with Gasteiger partial charge in [-0.05, 0) is 44.3 Å². The van der Waals surface area contributed by atoms with Crippen LogP contribution in [0, 0.1) is 0 Å². The highest BCUT2D eigenvalue weighted by atomic mass is 32.1. The number of amides is 2. The summed E-state index contributed by atoms with van der Waals surface area (Å²) in [4.78, 5) is 17.2. The number of benzene rings is 1. The molecular weight excluding hydrogens is 353 g/mol. The van der Waals surface area contributed by atoms with E-state index in [1.807, 2.05) is 17.5 Å². The Labute approximate surface area is 147 Å². The average molecular weight is 372 g/mol. The molecule has 5 nitrogen and oxygen atoms in total. The Morgan fingerprint density at radius 2 is 2.00 bits per heavy atom. The second-order valence-electron chi connectivity index (χ2n) is 5.50. The SMILES string of the molecule is CN(CCCNC(=O)Nc1ccc(-c2nccs2)cc1)CC(F)(F)F. The Morgan fingerprint density at radius 1 is 1.28 bits per heavy atom. The number of rotatable bonds is 7. The molecule has 0 aliphatic heterocycles. The fourth-order valence-electron chi connectivity index (χ4n) is 2.17. The third-order valence-corrected chi connectivity index (χ3v) is 4.10. The minimum atomic E-state index is -4.20. The number of carbonyl (C=O) groups excluding carboxylic acids is 1. The highest BCUT2D eigenvalue weighted by Crippen LogP contribution is 2.23. The summed E-state index contributed by atoms with van der Waals surface area (Å²) < 4.78 is 36.5. The number of nitrogens with one attached hydrogen (secondary N) is 2. The molecule has 1 aromatic heterocycles. The molecular formula is C16H19F3N4OS. The van der Waals surface area contributed by atoms with Gasteiger partial charge in [0.05, 0.1) is 6.54 Å². The maximum atomic E-state index is 12.2. The van der Waals surface area contributed by atoms with Crippen molar-refractivity contribution in [3.63, 3.8) is 0 Å². The number of halogens is 3. The predicted molar refractivity (Wildman–Crippen MR) is 92.7 cm³/mol. The van der Waals surface area contributed by atoms with Crippen LogP contribution in [-0.2, 0) is 0 Å². The van der Waals surface area contributed by atoms with Crippen molar-refractivity contribution in [3.05, 3.63) is 35.8 Å². The van der Waals surface area contributed by atoms with Gasteiger partial charge >= 0.3 is 12.2 Å². The number of hydrogen-bond donors (Lipinski definition) is 2. The molecule has 0 saturated carbocycles. The van der Waals surface area contributed by atoms with Gasteiger partial charge in [-0.1, -0.05) is 0 Å². The molecule has 0 radical (unpaired) electrons. The lowest BCUT2D eigenvalue weighted by Crippen LogP contribution is -2.34. The summed E-state index contributed by atoms with van der Waals surface area (Å²) in [6, 6.07) is 6.88. The van der Waals surface area contributed by atoms with Crippen LogP contribution >= 0.6 is 11.3 Å². The Bertz CT molecular complexity index is 659. The summed E-state index contributed by atoms with van der Waals surface area (Å²) in [5, 5.41) is 8.10. The molecule has 0 unspecified atom stereocenters. The van der Waals surface area contributed by atoms with Crippen LogP contribution in [0.15, 0.2) is 35.8 Å². The van der Waals surface area contributed by atoms with E-state index >= 15 is 0 Å². The number of urea groups is 1. The van der Waals surface area contributed by atoms with Crippen molar-refractivity contribution >= 4 is 23.1 Å². The van der Waals surface area contributed by atoms with E-state index in [1.165, 1.54) is 23.3 Å². The van der Waals surface area contributed by atoms with Crippen LogP contribution in [0.2, 0.25) is 0 Å². The summed E-state index contributed by atoms with van der Waals surface area (Å²) in [6.07, 6.45) is -2.04. The zero-order valence-corrected chi connectivity index (χ0v) is 14.5. The van der Waals surface area contributed by atoms with Crippen molar-refractivity contribution in [3.8, 4) is 10.6 Å². The van der Waals surface area contributed by atoms with Crippen LogP contribution in [0.4, 0.5) is 23.7 Å². The van der Waals surface area contributed by atoms with Gasteiger partial charge in [-0.15, -0.1) is 11.3 Å². The fourth-order valence-corrected chi connectivity index (χ4v) is 2.82. The molecule has 1 heterocycles. The summed E-state index contributed by atoms with van der Waals surface area (Å²) in [6.45, 7) is -0.405. The molecule has 2 amide bonds. The van der Waals surface area contributed by atoms with E-state index in [2.05, 4.69) is 15.6 Å².